The van der Waals surface area contributed by atoms with Crippen molar-refractivity contribution in [2.24, 2.45) is 5.92 Å². The number of benzene rings is 2. The normalized spacial score (nSPS) is 13.9. The maximum absolute atomic E-state index is 13.2. The van der Waals surface area contributed by atoms with Crippen molar-refractivity contribution >= 4 is 66.0 Å². The van der Waals surface area contributed by atoms with Crippen LogP contribution >= 0.6 is 0 Å². The molecule has 63 heavy (non-hydrogen) atoms. The van der Waals surface area contributed by atoms with Crippen LogP contribution < -0.4 is 4.90 Å². The maximum Gasteiger partial charge on any atom is 0.416 e. The number of hydrogen-bond acceptors (Lipinski definition) is 13. The number of hydrogen-bond donors (Lipinski definition) is 0. The van der Waals surface area contributed by atoms with Gasteiger partial charge in [-0.15, -0.1) is 0 Å². The molecule has 0 radical (unpaired) electrons. The molecule has 1 fully saturated rings. The topological polar surface area (TPSA) is 203 Å². The number of nitrogens with zero attached hydrogens (tertiary/aromatic N) is 7. The third kappa shape index (κ3) is 11.3. The highest BCUT2D eigenvalue weighted by Crippen LogP contribution is 2.28. The van der Waals surface area contributed by atoms with Crippen LogP contribution in [0.1, 0.15) is 90.5 Å². The van der Waals surface area contributed by atoms with E-state index in [1.54, 1.807) is 96.1 Å². The van der Waals surface area contributed by atoms with E-state index >= 15 is 0 Å². The summed E-state index contributed by atoms with van der Waals surface area (Å²) in [6.45, 7) is 14.2. The number of aryl methyl sites for hydroxylation is 2. The second-order valence-corrected chi connectivity index (χ2v) is 21.1. The van der Waals surface area contributed by atoms with Gasteiger partial charge >= 0.3 is 12.1 Å². The van der Waals surface area contributed by atoms with Crippen LogP contribution in [0.4, 0.5) is 10.6 Å². The molecule has 6 aromatic rings. The first-order chi connectivity index (χ1) is 29.5. The average Bonchev–Trinajstić information content (AvgIpc) is 3.84. The van der Waals surface area contributed by atoms with Crippen molar-refractivity contribution in [2.75, 3.05) is 11.4 Å². The fourth-order valence-corrected chi connectivity index (χ4v) is 9.44. The first-order valence-electron chi connectivity index (χ1n) is 20.6. The van der Waals surface area contributed by atoms with E-state index in [2.05, 4.69) is 19.9 Å². The second-order valence-electron chi connectivity index (χ2n) is 17.5. The number of aromatic nitrogens is 6. The van der Waals surface area contributed by atoms with Gasteiger partial charge in [-0.3, -0.25) is 14.5 Å². The van der Waals surface area contributed by atoms with Crippen LogP contribution in [0.5, 0.6) is 0 Å². The second kappa shape index (κ2) is 18.4. The van der Waals surface area contributed by atoms with E-state index < -0.39 is 43.3 Å². The van der Waals surface area contributed by atoms with E-state index in [-0.39, 0.29) is 57.1 Å². The highest BCUT2D eigenvalue weighted by Gasteiger charge is 2.31. The predicted octanol–water partition coefficient (Wildman–Crippen LogP) is 7.73. The molecule has 0 spiro atoms. The third-order valence-electron chi connectivity index (χ3n) is 9.91. The molecular formula is C45H53N7O9S2. The van der Waals surface area contributed by atoms with Crippen molar-refractivity contribution in [2.45, 2.75) is 115 Å². The molecule has 0 N–H and O–H groups in total. The first kappa shape index (κ1) is 46.5. The molecule has 0 atom stereocenters. The van der Waals surface area contributed by atoms with Crippen LogP contribution in [0.25, 0.3) is 22.3 Å². The van der Waals surface area contributed by atoms with Gasteiger partial charge in [0.2, 0.25) is 0 Å². The zero-order valence-electron chi connectivity index (χ0n) is 36.7. The minimum absolute atomic E-state index is 0.0316. The molecule has 2 aromatic carbocycles. The number of ketones is 1. The van der Waals surface area contributed by atoms with Crippen LogP contribution in [-0.2, 0) is 45.5 Å². The number of Topliss-reactive ketones (excluding diaryl/α,β-unsaturated/α-hetero) is 1. The number of amides is 1. The molecule has 7 rings (SSSR count). The Morgan fingerprint density at radius 3 is 1.63 bits per heavy atom. The van der Waals surface area contributed by atoms with Gasteiger partial charge in [0.1, 0.15) is 22.2 Å². The summed E-state index contributed by atoms with van der Waals surface area (Å²) in [5, 5.41) is 0. The van der Waals surface area contributed by atoms with Gasteiger partial charge in [-0.1, -0.05) is 54.7 Å². The lowest BCUT2D eigenvalue weighted by atomic mass is 9.86. The molecular weight excluding hydrogens is 847 g/mol. The minimum Gasteiger partial charge on any atom is -0.460 e. The molecule has 1 aliphatic carbocycles. The van der Waals surface area contributed by atoms with Gasteiger partial charge in [-0.25, -0.2) is 49.5 Å². The monoisotopic (exact) mass is 899 g/mol. The van der Waals surface area contributed by atoms with Crippen molar-refractivity contribution in [3.8, 4) is 0 Å². The highest BCUT2D eigenvalue weighted by molar-refractivity contribution is 7.90. The fraction of sp³-hybridized carbons (Fsp3) is 0.400. The van der Waals surface area contributed by atoms with Gasteiger partial charge in [0.05, 0.1) is 40.8 Å². The summed E-state index contributed by atoms with van der Waals surface area (Å²) < 4.78 is 65.1. The predicted molar refractivity (Wildman–Crippen MR) is 237 cm³/mol. The number of fused-ring (bicyclic) bond motifs is 2. The van der Waals surface area contributed by atoms with Crippen molar-refractivity contribution in [1.29, 1.82) is 0 Å². The Kier molecular flexibility index (Phi) is 13.6. The molecule has 16 nitrogen and oxygen atoms in total. The van der Waals surface area contributed by atoms with Gasteiger partial charge in [0.25, 0.3) is 20.0 Å². The Hall–Kier alpha value is -6.01. The van der Waals surface area contributed by atoms with Gasteiger partial charge < -0.3 is 9.47 Å². The average molecular weight is 900 g/mol. The van der Waals surface area contributed by atoms with Crippen molar-refractivity contribution in [3.63, 3.8) is 0 Å². The smallest absolute Gasteiger partial charge is 0.416 e. The van der Waals surface area contributed by atoms with Crippen LogP contribution in [0.15, 0.2) is 95.2 Å². The Balaban J connectivity index is 0.000000219. The summed E-state index contributed by atoms with van der Waals surface area (Å²) in [7, 11) is -7.67. The molecule has 0 aliphatic heterocycles. The quantitative estimate of drug-likeness (QED) is 0.121. The molecule has 1 saturated carbocycles. The summed E-state index contributed by atoms with van der Waals surface area (Å²) in [6.07, 6.45) is 9.50. The number of anilines is 1. The maximum atomic E-state index is 13.2. The van der Waals surface area contributed by atoms with Crippen LogP contribution in [0.2, 0.25) is 0 Å². The van der Waals surface area contributed by atoms with E-state index in [1.807, 2.05) is 13.8 Å². The summed E-state index contributed by atoms with van der Waals surface area (Å²) in [6, 6.07) is 16.2. The molecule has 0 unspecified atom stereocenters. The molecule has 334 valence electrons. The van der Waals surface area contributed by atoms with Gasteiger partial charge in [-0.2, -0.15) is 0 Å². The number of rotatable bonds is 10. The number of carbonyl (C=O) groups excluding carboxylic acids is 3. The van der Waals surface area contributed by atoms with Crippen molar-refractivity contribution in [1.82, 2.24) is 27.9 Å². The number of carbonyl (C=O) groups is 3. The van der Waals surface area contributed by atoms with E-state index in [0.29, 0.717) is 11.2 Å². The van der Waals surface area contributed by atoms with Crippen molar-refractivity contribution in [3.05, 3.63) is 102 Å². The Labute approximate surface area is 367 Å². The SMILES string of the molecule is Cc1ccc(S(=O)(=O)n2ccc3nc(CC(=O)OC(C)(C)C)cnc32)cc1.Cc1ccc(S(=O)(=O)n2ccc3nc(N(CC(=O)C4CCCCC4)C(=O)OC(C)(C)C)cnc32)cc1. The molecule has 4 heterocycles. The van der Waals surface area contributed by atoms with E-state index in [4.69, 9.17) is 9.47 Å². The van der Waals surface area contributed by atoms with Gasteiger partial charge in [-0.05, 0) is 105 Å². The molecule has 0 saturated heterocycles. The first-order valence-corrected chi connectivity index (χ1v) is 23.5. The molecule has 0 bridgehead atoms. The lowest BCUT2D eigenvalue weighted by molar-refractivity contribution is -0.154. The van der Waals surface area contributed by atoms with Crippen LogP contribution in [-0.4, -0.2) is 80.3 Å². The van der Waals surface area contributed by atoms with Crippen molar-refractivity contribution < 1.29 is 40.7 Å². The Morgan fingerprint density at radius 1 is 0.667 bits per heavy atom. The van der Waals surface area contributed by atoms with Crippen LogP contribution in [0.3, 0.4) is 0 Å². The van der Waals surface area contributed by atoms with E-state index in [9.17, 15) is 31.2 Å². The summed E-state index contributed by atoms with van der Waals surface area (Å²) >= 11 is 0. The zero-order chi connectivity index (χ0) is 45.9. The molecule has 18 heteroatoms. The Morgan fingerprint density at radius 2 is 1.14 bits per heavy atom. The molecule has 4 aromatic heterocycles. The Bertz CT molecular complexity index is 2850. The molecule has 1 aliphatic rings. The lowest BCUT2D eigenvalue weighted by Gasteiger charge is -2.28. The van der Waals surface area contributed by atoms with Gasteiger partial charge in [0, 0.05) is 18.3 Å². The molecule has 1 amide bonds. The van der Waals surface area contributed by atoms with Gasteiger partial charge in [0.15, 0.2) is 22.9 Å². The third-order valence-corrected chi connectivity index (χ3v) is 13.3. The largest absolute Gasteiger partial charge is 0.460 e. The van der Waals surface area contributed by atoms with E-state index in [1.165, 1.54) is 35.8 Å². The number of esters is 1. The summed E-state index contributed by atoms with van der Waals surface area (Å²) in [5.41, 5.74) is 1.99. The standard InChI is InChI=1S/C26H32N4O5S.C19H21N3O4S/c1-18-10-12-20(13-11-18)36(33,34)30-15-14-21-24(30)27-16-23(28-21)29(25(32)35-26(2,3)4)17-22(31)19-8-6-5-7-9-19;1-13-5-7-15(8-6-13)27(24,25)22-10-9-16-18(22)20-12-14(21-16)11-17(23)26-19(2,3)4/h10-16,19H,5-9,17H2,1-4H3;5-10,12H,11H2,1-4H3. The fourth-order valence-electron chi connectivity index (χ4n) is 6.85. The van der Waals surface area contributed by atoms with E-state index in [0.717, 1.165) is 51.2 Å². The highest BCUT2D eigenvalue weighted by atomic mass is 32.2. The van der Waals surface area contributed by atoms with Crippen LogP contribution in [0, 0.1) is 19.8 Å². The lowest BCUT2D eigenvalue weighted by Crippen LogP contribution is -2.42. The minimum atomic E-state index is -3.89. The summed E-state index contributed by atoms with van der Waals surface area (Å²) in [5.74, 6) is -0.419. The number of ether oxygens (including phenoxy) is 2. The zero-order valence-corrected chi connectivity index (χ0v) is 38.4. The summed E-state index contributed by atoms with van der Waals surface area (Å²) in [4.78, 5) is 56.9.